The Hall–Kier alpha value is -1.08. The second kappa shape index (κ2) is 6.41. The molecule has 1 heterocycles. The number of nitrogens with zero attached hydrogens (tertiary/aromatic N) is 1. The van der Waals surface area contributed by atoms with E-state index in [1.54, 1.807) is 0 Å². The number of rotatable bonds is 2. The van der Waals surface area contributed by atoms with E-state index in [0.717, 1.165) is 19.3 Å². The summed E-state index contributed by atoms with van der Waals surface area (Å²) in [7, 11) is 0. The van der Waals surface area contributed by atoms with E-state index in [1.807, 2.05) is 6.07 Å². The Bertz CT molecular complexity index is 247. The van der Waals surface area contributed by atoms with Gasteiger partial charge in [0.15, 0.2) is 0 Å². The van der Waals surface area contributed by atoms with Crippen LogP contribution in [0.4, 0.5) is 0 Å². The van der Waals surface area contributed by atoms with Gasteiger partial charge in [0.25, 0.3) is 0 Å². The molecule has 4 nitrogen and oxygen atoms in total. The topological polar surface area (TPSA) is 62.1 Å². The molecular weight excluding hydrogens is 192 g/mol. The summed E-state index contributed by atoms with van der Waals surface area (Å²) in [6.07, 6.45) is 3.75. The van der Waals surface area contributed by atoms with Gasteiger partial charge in [-0.1, -0.05) is 19.8 Å². The summed E-state index contributed by atoms with van der Waals surface area (Å²) in [5.74, 6) is 0.369. The van der Waals surface area contributed by atoms with E-state index in [9.17, 15) is 4.79 Å². The molecule has 1 fully saturated rings. The maximum Gasteiger partial charge on any atom is 0.249 e. The lowest BCUT2D eigenvalue weighted by Crippen LogP contribution is -2.38. The summed E-state index contributed by atoms with van der Waals surface area (Å²) in [4.78, 5) is 11.6. The third kappa shape index (κ3) is 4.30. The second-order valence-corrected chi connectivity index (χ2v) is 4.07. The van der Waals surface area contributed by atoms with Gasteiger partial charge in [-0.25, -0.2) is 0 Å². The smallest absolute Gasteiger partial charge is 0.249 e. The lowest BCUT2D eigenvalue weighted by atomic mass is 9.96. The monoisotopic (exact) mass is 210 g/mol. The van der Waals surface area contributed by atoms with Crippen LogP contribution in [-0.2, 0) is 9.53 Å². The highest BCUT2D eigenvalue weighted by molar-refractivity contribution is 5.80. The minimum Gasteiger partial charge on any atom is -0.368 e. The molecule has 1 aliphatic rings. The standard InChI is InChI=1S/C11H18N2O2/c1-9-4-2-3-7-15-10(8-9)11(14)13-6-5-12/h9-10H,2-4,6-8H2,1H3,(H,13,14). The first-order valence-corrected chi connectivity index (χ1v) is 5.50. The lowest BCUT2D eigenvalue weighted by molar-refractivity contribution is -0.134. The SMILES string of the molecule is CC1CCCCOC(C(=O)NCC#N)C1. The quantitative estimate of drug-likeness (QED) is 0.697. The Morgan fingerprint density at radius 1 is 1.60 bits per heavy atom. The van der Waals surface area contributed by atoms with Gasteiger partial charge in [0, 0.05) is 6.61 Å². The van der Waals surface area contributed by atoms with Gasteiger partial charge in [-0.2, -0.15) is 5.26 Å². The highest BCUT2D eigenvalue weighted by Crippen LogP contribution is 2.19. The first kappa shape index (κ1) is 12.0. The molecule has 0 saturated carbocycles. The Labute approximate surface area is 90.6 Å². The Balaban J connectivity index is 2.42. The van der Waals surface area contributed by atoms with Gasteiger partial charge in [-0.3, -0.25) is 4.79 Å². The van der Waals surface area contributed by atoms with Crippen LogP contribution in [0.2, 0.25) is 0 Å². The fourth-order valence-corrected chi connectivity index (χ4v) is 1.80. The zero-order valence-electron chi connectivity index (χ0n) is 9.16. The Morgan fingerprint density at radius 2 is 2.40 bits per heavy atom. The first-order chi connectivity index (χ1) is 7.24. The summed E-state index contributed by atoms with van der Waals surface area (Å²) in [6.45, 7) is 2.85. The number of hydrogen-bond acceptors (Lipinski definition) is 3. The van der Waals surface area contributed by atoms with Crippen molar-refractivity contribution in [1.82, 2.24) is 5.32 Å². The van der Waals surface area contributed by atoms with Gasteiger partial charge in [0.2, 0.25) is 5.91 Å². The van der Waals surface area contributed by atoms with Gasteiger partial charge >= 0.3 is 0 Å². The average molecular weight is 210 g/mol. The number of carbonyl (C=O) groups is 1. The molecule has 0 aromatic heterocycles. The number of hydrogen-bond donors (Lipinski definition) is 1. The molecule has 0 aromatic carbocycles. The molecule has 2 atom stereocenters. The van der Waals surface area contributed by atoms with E-state index in [0.29, 0.717) is 12.5 Å². The molecule has 4 heteroatoms. The largest absolute Gasteiger partial charge is 0.368 e. The normalized spacial score (nSPS) is 27.2. The van der Waals surface area contributed by atoms with Gasteiger partial charge < -0.3 is 10.1 Å². The zero-order chi connectivity index (χ0) is 11.1. The summed E-state index contributed by atoms with van der Waals surface area (Å²) in [5, 5.41) is 10.9. The molecule has 0 spiro atoms. The van der Waals surface area contributed by atoms with Crippen LogP contribution in [0.1, 0.15) is 32.6 Å². The van der Waals surface area contributed by atoms with E-state index < -0.39 is 0 Å². The van der Waals surface area contributed by atoms with Crippen molar-refractivity contribution in [2.75, 3.05) is 13.2 Å². The fourth-order valence-electron chi connectivity index (χ4n) is 1.80. The van der Waals surface area contributed by atoms with Crippen LogP contribution in [0.3, 0.4) is 0 Å². The van der Waals surface area contributed by atoms with Crippen LogP contribution in [0, 0.1) is 17.2 Å². The molecule has 1 N–H and O–H groups in total. The van der Waals surface area contributed by atoms with Crippen LogP contribution in [0.25, 0.3) is 0 Å². The van der Waals surface area contributed by atoms with Crippen molar-refractivity contribution in [3.05, 3.63) is 0 Å². The van der Waals surface area contributed by atoms with Gasteiger partial charge in [0.05, 0.1) is 6.07 Å². The predicted octanol–water partition coefficient (Wildman–Crippen LogP) is 1.22. The third-order valence-corrected chi connectivity index (χ3v) is 2.66. The molecular formula is C11H18N2O2. The van der Waals surface area contributed by atoms with Crippen molar-refractivity contribution in [2.24, 2.45) is 5.92 Å². The van der Waals surface area contributed by atoms with E-state index in [4.69, 9.17) is 10.00 Å². The van der Waals surface area contributed by atoms with Crippen LogP contribution >= 0.6 is 0 Å². The predicted molar refractivity (Wildman–Crippen MR) is 56.0 cm³/mol. The zero-order valence-corrected chi connectivity index (χ0v) is 9.16. The summed E-state index contributed by atoms with van der Waals surface area (Å²) in [6, 6.07) is 1.89. The Kier molecular flexibility index (Phi) is 5.13. The molecule has 1 aliphatic heterocycles. The lowest BCUT2D eigenvalue weighted by Gasteiger charge is -2.23. The van der Waals surface area contributed by atoms with Gasteiger partial charge in [-0.15, -0.1) is 0 Å². The van der Waals surface area contributed by atoms with Gasteiger partial charge in [0.1, 0.15) is 12.6 Å². The van der Waals surface area contributed by atoms with Crippen LogP contribution < -0.4 is 5.32 Å². The summed E-state index contributed by atoms with van der Waals surface area (Å²) < 4.78 is 5.49. The van der Waals surface area contributed by atoms with Crippen molar-refractivity contribution >= 4 is 5.91 Å². The fraction of sp³-hybridized carbons (Fsp3) is 0.818. The van der Waals surface area contributed by atoms with Crippen molar-refractivity contribution in [1.29, 1.82) is 5.26 Å². The van der Waals surface area contributed by atoms with Crippen LogP contribution in [0.15, 0.2) is 0 Å². The number of ether oxygens (including phenoxy) is 1. The highest BCUT2D eigenvalue weighted by atomic mass is 16.5. The van der Waals surface area contributed by atoms with E-state index >= 15 is 0 Å². The van der Waals surface area contributed by atoms with Crippen LogP contribution in [0.5, 0.6) is 0 Å². The molecule has 0 aromatic rings. The third-order valence-electron chi connectivity index (χ3n) is 2.66. The van der Waals surface area contributed by atoms with Crippen molar-refractivity contribution < 1.29 is 9.53 Å². The first-order valence-electron chi connectivity index (χ1n) is 5.50. The summed E-state index contributed by atoms with van der Waals surface area (Å²) >= 11 is 0. The molecule has 1 rings (SSSR count). The molecule has 0 bridgehead atoms. The molecule has 1 amide bonds. The number of amides is 1. The van der Waals surface area contributed by atoms with Crippen molar-refractivity contribution in [2.45, 2.75) is 38.7 Å². The average Bonchev–Trinajstić information content (AvgIpc) is 2.19. The van der Waals surface area contributed by atoms with Crippen molar-refractivity contribution in [3.8, 4) is 6.07 Å². The highest BCUT2D eigenvalue weighted by Gasteiger charge is 2.22. The van der Waals surface area contributed by atoms with Gasteiger partial charge in [-0.05, 0) is 18.8 Å². The Morgan fingerprint density at radius 3 is 3.13 bits per heavy atom. The van der Waals surface area contributed by atoms with Crippen LogP contribution in [-0.4, -0.2) is 25.2 Å². The maximum atomic E-state index is 11.6. The number of carbonyl (C=O) groups excluding carboxylic acids is 1. The molecule has 84 valence electrons. The van der Waals surface area contributed by atoms with E-state index in [1.165, 1.54) is 6.42 Å². The molecule has 2 unspecified atom stereocenters. The minimum absolute atomic E-state index is 0.0626. The number of nitrogens with one attached hydrogen (secondary N) is 1. The molecule has 15 heavy (non-hydrogen) atoms. The molecule has 0 radical (unpaired) electrons. The molecule has 1 saturated heterocycles. The summed E-state index contributed by atoms with van der Waals surface area (Å²) in [5.41, 5.74) is 0. The minimum atomic E-state index is -0.367. The molecule has 0 aliphatic carbocycles. The van der Waals surface area contributed by atoms with E-state index in [-0.39, 0.29) is 18.6 Å². The second-order valence-electron chi connectivity index (χ2n) is 4.07. The van der Waals surface area contributed by atoms with E-state index in [2.05, 4.69) is 12.2 Å². The number of nitriles is 1. The van der Waals surface area contributed by atoms with Crippen molar-refractivity contribution in [3.63, 3.8) is 0 Å². The maximum absolute atomic E-state index is 11.6.